The third-order valence-electron chi connectivity index (χ3n) is 3.80. The number of methoxy groups -OCH3 is 1. The molecule has 0 atom stereocenters. The van der Waals surface area contributed by atoms with Crippen LogP contribution >= 0.6 is 11.5 Å². The predicted molar refractivity (Wildman–Crippen MR) is 82.9 cm³/mol. The van der Waals surface area contributed by atoms with Gasteiger partial charge < -0.3 is 14.6 Å². The standard InChI is InChI=1S/C16H19NO3S/c1-19-16-15(14(10-18)21-17-16)11-5-4-8-13(9-11)20-12-6-2-3-7-12/h4-5,8-9,12,18H,2-3,6-7,10H2,1H3. The summed E-state index contributed by atoms with van der Waals surface area (Å²) in [5.74, 6) is 1.43. The Balaban J connectivity index is 1.90. The van der Waals surface area contributed by atoms with Crippen LogP contribution in [0.25, 0.3) is 11.1 Å². The lowest BCUT2D eigenvalue weighted by Crippen LogP contribution is -2.10. The van der Waals surface area contributed by atoms with Crippen molar-refractivity contribution in [3.05, 3.63) is 29.1 Å². The van der Waals surface area contributed by atoms with E-state index in [1.165, 1.54) is 24.4 Å². The van der Waals surface area contributed by atoms with Gasteiger partial charge in [0.2, 0.25) is 5.88 Å². The topological polar surface area (TPSA) is 51.6 Å². The number of rotatable bonds is 5. The van der Waals surface area contributed by atoms with Crippen molar-refractivity contribution in [2.75, 3.05) is 7.11 Å². The quantitative estimate of drug-likeness (QED) is 0.916. The van der Waals surface area contributed by atoms with Crippen molar-refractivity contribution in [1.82, 2.24) is 4.37 Å². The van der Waals surface area contributed by atoms with Crippen molar-refractivity contribution in [1.29, 1.82) is 0 Å². The smallest absolute Gasteiger partial charge is 0.233 e. The minimum absolute atomic E-state index is 0.0376. The van der Waals surface area contributed by atoms with Gasteiger partial charge in [0.1, 0.15) is 5.75 Å². The van der Waals surface area contributed by atoms with Gasteiger partial charge in [0.25, 0.3) is 0 Å². The molecule has 5 heteroatoms. The molecule has 0 bridgehead atoms. The van der Waals surface area contributed by atoms with E-state index in [0.29, 0.717) is 12.0 Å². The highest BCUT2D eigenvalue weighted by Crippen LogP contribution is 2.37. The first-order chi connectivity index (χ1) is 10.3. The molecule has 2 aromatic rings. The first-order valence-electron chi connectivity index (χ1n) is 7.22. The summed E-state index contributed by atoms with van der Waals surface area (Å²) in [6, 6.07) is 7.95. The van der Waals surface area contributed by atoms with Crippen molar-refractivity contribution in [3.63, 3.8) is 0 Å². The lowest BCUT2D eigenvalue weighted by Gasteiger charge is -2.14. The summed E-state index contributed by atoms with van der Waals surface area (Å²) in [6.45, 7) is -0.0376. The maximum Gasteiger partial charge on any atom is 0.233 e. The summed E-state index contributed by atoms with van der Waals surface area (Å²) in [6.07, 6.45) is 5.10. The number of aromatic nitrogens is 1. The van der Waals surface area contributed by atoms with E-state index in [1.54, 1.807) is 7.11 Å². The van der Waals surface area contributed by atoms with Gasteiger partial charge in [0, 0.05) is 0 Å². The zero-order valence-electron chi connectivity index (χ0n) is 12.0. The van der Waals surface area contributed by atoms with E-state index in [-0.39, 0.29) is 6.61 Å². The summed E-state index contributed by atoms with van der Waals surface area (Å²) >= 11 is 1.27. The molecule has 1 aromatic carbocycles. The molecule has 4 nitrogen and oxygen atoms in total. The van der Waals surface area contributed by atoms with Crippen LogP contribution in [0.3, 0.4) is 0 Å². The third-order valence-corrected chi connectivity index (χ3v) is 4.61. The van der Waals surface area contributed by atoms with Gasteiger partial charge in [-0.3, -0.25) is 0 Å². The first-order valence-corrected chi connectivity index (χ1v) is 7.99. The molecular formula is C16H19NO3S. The SMILES string of the molecule is COc1nsc(CO)c1-c1cccc(OC2CCCC2)c1. The maximum atomic E-state index is 9.47. The summed E-state index contributed by atoms with van der Waals surface area (Å²) in [4.78, 5) is 0.810. The summed E-state index contributed by atoms with van der Waals surface area (Å²) in [7, 11) is 1.60. The van der Waals surface area contributed by atoms with Crippen molar-refractivity contribution >= 4 is 11.5 Å². The van der Waals surface area contributed by atoms with Crippen LogP contribution in [-0.4, -0.2) is 22.7 Å². The van der Waals surface area contributed by atoms with Crippen LogP contribution in [0.15, 0.2) is 24.3 Å². The molecule has 112 valence electrons. The molecule has 1 aliphatic rings. The maximum absolute atomic E-state index is 9.47. The molecule has 0 unspecified atom stereocenters. The zero-order chi connectivity index (χ0) is 14.7. The Bertz CT molecular complexity index is 584. The highest BCUT2D eigenvalue weighted by molar-refractivity contribution is 7.06. The van der Waals surface area contributed by atoms with Gasteiger partial charge in [0.05, 0.1) is 30.3 Å². The van der Waals surface area contributed by atoms with Crippen LogP contribution < -0.4 is 9.47 Å². The van der Waals surface area contributed by atoms with Gasteiger partial charge in [-0.1, -0.05) is 12.1 Å². The van der Waals surface area contributed by atoms with Crippen molar-refractivity contribution in [3.8, 4) is 22.8 Å². The fraction of sp³-hybridized carbons (Fsp3) is 0.438. The lowest BCUT2D eigenvalue weighted by molar-refractivity contribution is 0.210. The van der Waals surface area contributed by atoms with E-state index in [1.807, 2.05) is 24.3 Å². The second-order valence-corrected chi connectivity index (χ2v) is 6.06. The molecule has 0 saturated heterocycles. The van der Waals surface area contributed by atoms with E-state index in [9.17, 15) is 5.11 Å². The number of ether oxygens (including phenoxy) is 2. The summed E-state index contributed by atoms with van der Waals surface area (Å²) in [5, 5.41) is 9.47. The van der Waals surface area contributed by atoms with Crippen LogP contribution in [-0.2, 0) is 6.61 Å². The molecule has 0 spiro atoms. The molecule has 1 aromatic heterocycles. The third kappa shape index (κ3) is 3.04. The largest absolute Gasteiger partial charge is 0.490 e. The number of aliphatic hydroxyl groups is 1. The molecular weight excluding hydrogens is 286 g/mol. The van der Waals surface area contributed by atoms with E-state index in [2.05, 4.69) is 4.37 Å². The molecule has 3 rings (SSSR count). The molecule has 0 aliphatic heterocycles. The fourth-order valence-electron chi connectivity index (χ4n) is 2.76. The molecule has 0 radical (unpaired) electrons. The van der Waals surface area contributed by atoms with E-state index in [4.69, 9.17) is 9.47 Å². The van der Waals surface area contributed by atoms with Gasteiger partial charge in [-0.05, 0) is 54.9 Å². The number of hydrogen-bond acceptors (Lipinski definition) is 5. The molecule has 1 aliphatic carbocycles. The molecule has 1 fully saturated rings. The average molecular weight is 305 g/mol. The Kier molecular flexibility index (Phi) is 4.41. The normalized spacial score (nSPS) is 15.3. The number of nitrogens with zero attached hydrogens (tertiary/aromatic N) is 1. The molecule has 21 heavy (non-hydrogen) atoms. The average Bonchev–Trinajstić information content (AvgIpc) is 3.15. The Morgan fingerprint density at radius 3 is 2.86 bits per heavy atom. The minimum Gasteiger partial charge on any atom is -0.490 e. The summed E-state index contributed by atoms with van der Waals surface area (Å²) in [5.41, 5.74) is 1.84. The molecule has 1 N–H and O–H groups in total. The van der Waals surface area contributed by atoms with Crippen LogP contribution in [0.5, 0.6) is 11.6 Å². The van der Waals surface area contributed by atoms with Crippen LogP contribution in [0.1, 0.15) is 30.6 Å². The van der Waals surface area contributed by atoms with Crippen molar-refractivity contribution in [2.24, 2.45) is 0 Å². The zero-order valence-corrected chi connectivity index (χ0v) is 12.9. The Hall–Kier alpha value is -1.59. The van der Waals surface area contributed by atoms with Gasteiger partial charge in [-0.2, -0.15) is 4.37 Å². The minimum atomic E-state index is -0.0376. The van der Waals surface area contributed by atoms with Gasteiger partial charge in [-0.15, -0.1) is 0 Å². The van der Waals surface area contributed by atoms with Crippen LogP contribution in [0, 0.1) is 0 Å². The van der Waals surface area contributed by atoms with Gasteiger partial charge >= 0.3 is 0 Å². The summed E-state index contributed by atoms with van der Waals surface area (Å²) < 4.78 is 15.6. The molecule has 1 heterocycles. The first kappa shape index (κ1) is 14.4. The Morgan fingerprint density at radius 1 is 1.33 bits per heavy atom. The number of benzene rings is 1. The highest BCUT2D eigenvalue weighted by Gasteiger charge is 2.19. The van der Waals surface area contributed by atoms with Crippen LogP contribution in [0.2, 0.25) is 0 Å². The number of hydrogen-bond donors (Lipinski definition) is 1. The van der Waals surface area contributed by atoms with E-state index in [0.717, 1.165) is 34.6 Å². The predicted octanol–water partition coefficient (Wildman–Crippen LogP) is 3.63. The fourth-order valence-corrected chi connectivity index (χ4v) is 3.48. The Labute approximate surface area is 128 Å². The van der Waals surface area contributed by atoms with Crippen LogP contribution in [0.4, 0.5) is 0 Å². The van der Waals surface area contributed by atoms with E-state index >= 15 is 0 Å². The second kappa shape index (κ2) is 6.45. The Morgan fingerprint density at radius 2 is 2.14 bits per heavy atom. The monoisotopic (exact) mass is 305 g/mol. The van der Waals surface area contributed by atoms with Gasteiger partial charge in [0.15, 0.2) is 0 Å². The lowest BCUT2D eigenvalue weighted by atomic mass is 10.1. The highest BCUT2D eigenvalue weighted by atomic mass is 32.1. The van der Waals surface area contributed by atoms with Crippen molar-refractivity contribution < 1.29 is 14.6 Å². The molecule has 0 amide bonds. The number of aliphatic hydroxyl groups excluding tert-OH is 1. The molecule has 1 saturated carbocycles. The second-order valence-electron chi connectivity index (χ2n) is 5.20. The van der Waals surface area contributed by atoms with Gasteiger partial charge in [-0.25, -0.2) is 0 Å². The van der Waals surface area contributed by atoms with Crippen molar-refractivity contribution in [2.45, 2.75) is 38.4 Å². The van der Waals surface area contributed by atoms with E-state index < -0.39 is 0 Å².